The molecule has 148 valence electrons. The number of nitro groups is 1. The van der Waals surface area contributed by atoms with E-state index < -0.39 is 4.92 Å². The molecule has 2 aromatic rings. The number of halogens is 1. The number of nitrogens with zero attached hydrogens (tertiary/aromatic N) is 4. The van der Waals surface area contributed by atoms with E-state index >= 15 is 0 Å². The van der Waals surface area contributed by atoms with Crippen molar-refractivity contribution in [2.45, 2.75) is 0 Å². The van der Waals surface area contributed by atoms with E-state index in [4.69, 9.17) is 0 Å². The summed E-state index contributed by atoms with van der Waals surface area (Å²) in [4.78, 5) is 41.9. The second kappa shape index (κ2) is 9.08. The molecule has 0 saturated carbocycles. The number of carbonyl (C=O) groups excluding carboxylic acids is 2. The van der Waals surface area contributed by atoms with Crippen LogP contribution < -0.4 is 10.6 Å². The Balaban J connectivity index is 1.42. The minimum atomic E-state index is -0.550. The van der Waals surface area contributed by atoms with Gasteiger partial charge in [-0.3, -0.25) is 19.8 Å². The fourth-order valence-electron chi connectivity index (χ4n) is 2.61. The number of benzene rings is 1. The maximum absolute atomic E-state index is 12.3. The van der Waals surface area contributed by atoms with Crippen LogP contribution in [0.1, 0.15) is 0 Å². The van der Waals surface area contributed by atoms with Crippen LogP contribution in [0.25, 0.3) is 0 Å². The van der Waals surface area contributed by atoms with Crippen LogP contribution >= 0.6 is 27.3 Å². The van der Waals surface area contributed by atoms with Gasteiger partial charge < -0.3 is 15.5 Å². The normalized spacial score (nSPS) is 14.5. The van der Waals surface area contributed by atoms with Crippen molar-refractivity contribution in [1.29, 1.82) is 0 Å². The first-order valence-corrected chi connectivity index (χ1v) is 9.95. The molecule has 2 N–H and O–H groups in total. The largest absolute Gasteiger partial charge is 0.345 e. The second-order valence-corrected chi connectivity index (χ2v) is 7.93. The topological polar surface area (TPSA) is 121 Å². The first-order chi connectivity index (χ1) is 13.4. The number of hydrogen-bond acceptors (Lipinski definition) is 7. The standard InChI is InChI=1S/C16H17BrN6O4S/c17-11-1-3-12(4-2-11)19-16(25)22-7-5-21(6-8-22)10-13(24)20-15-18-9-14(28-15)23(26)27/h1-4,9H,5-8,10H2,(H,19,25)(H,18,20,24). The van der Waals surface area contributed by atoms with Crippen molar-refractivity contribution in [1.82, 2.24) is 14.8 Å². The third kappa shape index (κ3) is 5.47. The van der Waals surface area contributed by atoms with E-state index in [1.165, 1.54) is 0 Å². The van der Waals surface area contributed by atoms with Gasteiger partial charge in [-0.2, -0.15) is 0 Å². The van der Waals surface area contributed by atoms with Gasteiger partial charge in [0.25, 0.3) is 0 Å². The predicted octanol–water partition coefficient (Wildman–Crippen LogP) is 2.60. The predicted molar refractivity (Wildman–Crippen MR) is 109 cm³/mol. The molecule has 28 heavy (non-hydrogen) atoms. The summed E-state index contributed by atoms with van der Waals surface area (Å²) in [5.41, 5.74) is 0.715. The molecule has 0 unspecified atom stereocenters. The molecule has 12 heteroatoms. The van der Waals surface area contributed by atoms with Crippen LogP contribution in [0.5, 0.6) is 0 Å². The zero-order chi connectivity index (χ0) is 20.1. The smallest absolute Gasteiger partial charge is 0.322 e. The van der Waals surface area contributed by atoms with E-state index in [-0.39, 0.29) is 28.6 Å². The minimum absolute atomic E-state index is 0.124. The molecule has 0 bridgehead atoms. The molecule has 3 amide bonds. The Labute approximate surface area is 172 Å². The summed E-state index contributed by atoms with van der Waals surface area (Å²) in [5, 5.41) is 16.1. The lowest BCUT2D eigenvalue weighted by molar-refractivity contribution is -0.380. The van der Waals surface area contributed by atoms with E-state index in [0.29, 0.717) is 31.9 Å². The number of thiazole rings is 1. The number of piperazine rings is 1. The molecule has 0 spiro atoms. The Hall–Kier alpha value is -2.57. The molecule has 1 fully saturated rings. The van der Waals surface area contributed by atoms with Crippen LogP contribution in [0.15, 0.2) is 34.9 Å². The number of nitrogens with one attached hydrogen (secondary N) is 2. The quantitative estimate of drug-likeness (QED) is 0.513. The summed E-state index contributed by atoms with van der Waals surface area (Å²) in [6, 6.07) is 7.14. The van der Waals surface area contributed by atoms with Gasteiger partial charge in [0.05, 0.1) is 11.5 Å². The monoisotopic (exact) mass is 468 g/mol. The highest BCUT2D eigenvalue weighted by atomic mass is 79.9. The highest BCUT2D eigenvalue weighted by Crippen LogP contribution is 2.24. The van der Waals surface area contributed by atoms with Crippen molar-refractivity contribution in [3.63, 3.8) is 0 Å². The number of hydrogen-bond donors (Lipinski definition) is 2. The first-order valence-electron chi connectivity index (χ1n) is 8.34. The molecule has 0 radical (unpaired) electrons. The van der Waals surface area contributed by atoms with Gasteiger partial charge in [0, 0.05) is 36.3 Å². The highest BCUT2D eigenvalue weighted by Gasteiger charge is 2.23. The summed E-state index contributed by atoms with van der Waals surface area (Å²) in [5.74, 6) is -0.294. The molecule has 1 aliphatic heterocycles. The molecule has 0 atom stereocenters. The van der Waals surface area contributed by atoms with E-state index in [9.17, 15) is 19.7 Å². The van der Waals surface area contributed by atoms with Crippen molar-refractivity contribution < 1.29 is 14.5 Å². The van der Waals surface area contributed by atoms with Crippen molar-refractivity contribution in [2.75, 3.05) is 43.4 Å². The minimum Gasteiger partial charge on any atom is -0.322 e. The van der Waals surface area contributed by atoms with Crippen molar-refractivity contribution in [3.8, 4) is 0 Å². The number of rotatable bonds is 5. The van der Waals surface area contributed by atoms with Crippen LogP contribution in [-0.2, 0) is 4.79 Å². The molecular weight excluding hydrogens is 452 g/mol. The first kappa shape index (κ1) is 20.2. The number of urea groups is 1. The Morgan fingerprint density at radius 3 is 2.46 bits per heavy atom. The van der Waals surface area contributed by atoms with Crippen molar-refractivity contribution >= 4 is 55.0 Å². The van der Waals surface area contributed by atoms with Crippen LogP contribution in [0.2, 0.25) is 0 Å². The average molecular weight is 469 g/mol. The van der Waals surface area contributed by atoms with Gasteiger partial charge in [-0.1, -0.05) is 15.9 Å². The molecule has 10 nitrogen and oxygen atoms in total. The van der Waals surface area contributed by atoms with Gasteiger partial charge in [-0.25, -0.2) is 9.78 Å². The summed E-state index contributed by atoms with van der Waals surface area (Å²) in [6.45, 7) is 2.24. The lowest BCUT2D eigenvalue weighted by atomic mass is 10.3. The summed E-state index contributed by atoms with van der Waals surface area (Å²) in [7, 11) is 0. The Kier molecular flexibility index (Phi) is 6.54. The second-order valence-electron chi connectivity index (χ2n) is 6.01. The third-order valence-electron chi connectivity index (χ3n) is 4.04. The maximum Gasteiger partial charge on any atom is 0.345 e. The summed E-state index contributed by atoms with van der Waals surface area (Å²) >= 11 is 4.16. The molecule has 2 heterocycles. The summed E-state index contributed by atoms with van der Waals surface area (Å²) in [6.07, 6.45) is 1.11. The lowest BCUT2D eigenvalue weighted by Crippen LogP contribution is -2.51. The number of aromatic nitrogens is 1. The van der Waals surface area contributed by atoms with Crippen LogP contribution in [0, 0.1) is 10.1 Å². The molecule has 1 aromatic heterocycles. The zero-order valence-electron chi connectivity index (χ0n) is 14.6. The number of anilines is 2. The number of amides is 3. The average Bonchev–Trinajstić information content (AvgIpc) is 3.13. The van der Waals surface area contributed by atoms with Gasteiger partial charge >= 0.3 is 11.0 Å². The van der Waals surface area contributed by atoms with Crippen molar-refractivity contribution in [3.05, 3.63) is 45.0 Å². The van der Waals surface area contributed by atoms with Crippen molar-refractivity contribution in [2.24, 2.45) is 0 Å². The lowest BCUT2D eigenvalue weighted by Gasteiger charge is -2.34. The van der Waals surface area contributed by atoms with Gasteiger partial charge in [0.1, 0.15) is 6.20 Å². The fourth-order valence-corrected chi connectivity index (χ4v) is 3.53. The molecular formula is C16H17BrN6O4S. The van der Waals surface area contributed by atoms with Crippen LogP contribution in [0.3, 0.4) is 0 Å². The van der Waals surface area contributed by atoms with E-state index in [1.807, 2.05) is 29.2 Å². The third-order valence-corrected chi connectivity index (χ3v) is 5.44. The Morgan fingerprint density at radius 2 is 1.86 bits per heavy atom. The zero-order valence-corrected chi connectivity index (χ0v) is 17.0. The van der Waals surface area contributed by atoms with Crippen LogP contribution in [0.4, 0.5) is 20.6 Å². The maximum atomic E-state index is 12.3. The van der Waals surface area contributed by atoms with Crippen LogP contribution in [-0.4, -0.2) is 64.4 Å². The highest BCUT2D eigenvalue weighted by molar-refractivity contribution is 9.10. The summed E-state index contributed by atoms with van der Waals surface area (Å²) < 4.78 is 0.935. The molecule has 1 saturated heterocycles. The molecule has 1 aliphatic rings. The Morgan fingerprint density at radius 1 is 1.18 bits per heavy atom. The SMILES string of the molecule is O=C(CN1CCN(C(=O)Nc2ccc(Br)cc2)CC1)Nc1ncc([N+](=O)[O-])s1. The van der Waals surface area contributed by atoms with Gasteiger partial charge in [0.2, 0.25) is 5.91 Å². The molecule has 0 aliphatic carbocycles. The van der Waals surface area contributed by atoms with Gasteiger partial charge in [-0.05, 0) is 35.6 Å². The fraction of sp³-hybridized carbons (Fsp3) is 0.312. The van der Waals surface area contributed by atoms with E-state index in [0.717, 1.165) is 22.0 Å². The van der Waals surface area contributed by atoms with Gasteiger partial charge in [0.15, 0.2) is 5.13 Å². The Bertz CT molecular complexity index is 866. The molecule has 1 aromatic carbocycles. The van der Waals surface area contributed by atoms with E-state index in [2.05, 4.69) is 31.5 Å². The molecule has 3 rings (SSSR count). The van der Waals surface area contributed by atoms with E-state index in [1.54, 1.807) is 4.90 Å². The van der Waals surface area contributed by atoms with Gasteiger partial charge in [-0.15, -0.1) is 0 Å². The number of carbonyl (C=O) groups is 2.